The van der Waals surface area contributed by atoms with Crippen LogP contribution < -0.4 is 0 Å². The molecule has 0 spiro atoms. The predicted octanol–water partition coefficient (Wildman–Crippen LogP) is 1.97. The average molecular weight is 168 g/mol. The monoisotopic (exact) mass is 168 g/mol. The summed E-state index contributed by atoms with van der Waals surface area (Å²) in [7, 11) is 0. The molecule has 0 saturated carbocycles. The van der Waals surface area contributed by atoms with Crippen molar-refractivity contribution in [3.63, 3.8) is 0 Å². The molecule has 3 nitrogen and oxygen atoms in total. The van der Waals surface area contributed by atoms with Gasteiger partial charge in [-0.1, -0.05) is 13.3 Å². The van der Waals surface area contributed by atoms with Crippen molar-refractivity contribution >= 4 is 0 Å². The fourth-order valence-corrected chi connectivity index (χ4v) is 0.959. The lowest BCUT2D eigenvalue weighted by atomic mass is 10.4. The number of ether oxygens (including phenoxy) is 1. The molecule has 0 amide bonds. The van der Waals surface area contributed by atoms with Crippen LogP contribution in [-0.2, 0) is 11.5 Å². The minimum absolute atomic E-state index is 0.626. The number of hydrogen-bond donors (Lipinski definition) is 0. The van der Waals surface area contributed by atoms with E-state index in [1.807, 2.05) is 17.7 Å². The Morgan fingerprint density at radius 1 is 1.58 bits per heavy atom. The van der Waals surface area contributed by atoms with Gasteiger partial charge in [0, 0.05) is 12.8 Å². The largest absolute Gasteiger partial charge is 0.361 e. The van der Waals surface area contributed by atoms with E-state index in [1.165, 1.54) is 6.42 Å². The molecule has 0 aliphatic heterocycles. The summed E-state index contributed by atoms with van der Waals surface area (Å²) in [6, 6.07) is 0. The molecule has 1 heterocycles. The smallest absolute Gasteiger partial charge is 0.123 e. The van der Waals surface area contributed by atoms with Crippen LogP contribution in [0.4, 0.5) is 0 Å². The molecule has 1 aromatic heterocycles. The van der Waals surface area contributed by atoms with Crippen LogP contribution in [0.5, 0.6) is 0 Å². The van der Waals surface area contributed by atoms with Gasteiger partial charge in [-0.2, -0.15) is 0 Å². The first-order valence-corrected chi connectivity index (χ1v) is 4.39. The molecular formula is C9H16N2O. The lowest BCUT2D eigenvalue weighted by Crippen LogP contribution is -2.00. The zero-order chi connectivity index (χ0) is 8.81. The van der Waals surface area contributed by atoms with Gasteiger partial charge in [0.05, 0.1) is 12.0 Å². The zero-order valence-electron chi connectivity index (χ0n) is 7.79. The van der Waals surface area contributed by atoms with Gasteiger partial charge in [-0.25, -0.2) is 4.98 Å². The van der Waals surface area contributed by atoms with E-state index in [2.05, 4.69) is 11.9 Å². The molecule has 1 rings (SSSR count). The third-order valence-electron chi connectivity index (χ3n) is 1.64. The highest BCUT2D eigenvalue weighted by Crippen LogP contribution is 1.95. The molecule has 0 aromatic carbocycles. The first-order valence-electron chi connectivity index (χ1n) is 4.39. The molecule has 0 unspecified atom stereocenters. The second-order valence-corrected chi connectivity index (χ2v) is 2.92. The standard InChI is InChI=1S/C9H16N2O/c1-3-4-5-12-8-11-6-9(2)10-7-11/h6-7H,3-5,8H2,1-2H3. The van der Waals surface area contributed by atoms with Crippen molar-refractivity contribution in [2.24, 2.45) is 0 Å². The molecule has 0 atom stereocenters. The van der Waals surface area contributed by atoms with Crippen molar-refractivity contribution in [3.05, 3.63) is 18.2 Å². The van der Waals surface area contributed by atoms with Crippen LogP contribution in [0.2, 0.25) is 0 Å². The Balaban J connectivity index is 2.15. The van der Waals surface area contributed by atoms with Crippen LogP contribution in [0.25, 0.3) is 0 Å². The third-order valence-corrected chi connectivity index (χ3v) is 1.64. The molecule has 0 saturated heterocycles. The summed E-state index contributed by atoms with van der Waals surface area (Å²) in [5, 5.41) is 0. The van der Waals surface area contributed by atoms with Gasteiger partial charge in [0.2, 0.25) is 0 Å². The summed E-state index contributed by atoms with van der Waals surface area (Å²) in [6.45, 7) is 5.60. The van der Waals surface area contributed by atoms with Crippen molar-refractivity contribution in [1.29, 1.82) is 0 Å². The van der Waals surface area contributed by atoms with Crippen LogP contribution >= 0.6 is 0 Å². The second kappa shape index (κ2) is 4.93. The minimum Gasteiger partial charge on any atom is -0.361 e. The molecule has 12 heavy (non-hydrogen) atoms. The number of hydrogen-bond acceptors (Lipinski definition) is 2. The van der Waals surface area contributed by atoms with Crippen molar-refractivity contribution in [1.82, 2.24) is 9.55 Å². The zero-order valence-corrected chi connectivity index (χ0v) is 7.79. The van der Waals surface area contributed by atoms with Crippen molar-refractivity contribution in [2.75, 3.05) is 6.61 Å². The number of nitrogens with zero attached hydrogens (tertiary/aromatic N) is 2. The normalized spacial score (nSPS) is 10.5. The Bertz CT molecular complexity index is 220. The first kappa shape index (κ1) is 9.26. The van der Waals surface area contributed by atoms with E-state index in [1.54, 1.807) is 6.33 Å². The van der Waals surface area contributed by atoms with E-state index in [-0.39, 0.29) is 0 Å². The molecule has 0 fully saturated rings. The van der Waals surface area contributed by atoms with E-state index in [0.29, 0.717) is 6.73 Å². The van der Waals surface area contributed by atoms with Gasteiger partial charge in [0.1, 0.15) is 6.73 Å². The van der Waals surface area contributed by atoms with Crippen LogP contribution in [0.3, 0.4) is 0 Å². The van der Waals surface area contributed by atoms with E-state index in [9.17, 15) is 0 Å². The van der Waals surface area contributed by atoms with E-state index < -0.39 is 0 Å². The maximum Gasteiger partial charge on any atom is 0.123 e. The van der Waals surface area contributed by atoms with Gasteiger partial charge in [0.25, 0.3) is 0 Å². The Morgan fingerprint density at radius 3 is 3.00 bits per heavy atom. The van der Waals surface area contributed by atoms with Crippen molar-refractivity contribution in [2.45, 2.75) is 33.4 Å². The quantitative estimate of drug-likeness (QED) is 0.628. The summed E-state index contributed by atoms with van der Waals surface area (Å²) in [5.41, 5.74) is 1.04. The summed E-state index contributed by atoms with van der Waals surface area (Å²) >= 11 is 0. The highest BCUT2D eigenvalue weighted by atomic mass is 16.5. The lowest BCUT2D eigenvalue weighted by molar-refractivity contribution is 0.0747. The van der Waals surface area contributed by atoms with Gasteiger partial charge in [0.15, 0.2) is 0 Å². The summed E-state index contributed by atoms with van der Waals surface area (Å²) in [5.74, 6) is 0. The highest BCUT2D eigenvalue weighted by Gasteiger charge is 1.92. The van der Waals surface area contributed by atoms with Crippen molar-refractivity contribution < 1.29 is 4.74 Å². The molecule has 0 aliphatic rings. The van der Waals surface area contributed by atoms with Gasteiger partial charge >= 0.3 is 0 Å². The van der Waals surface area contributed by atoms with Gasteiger partial charge in [-0.15, -0.1) is 0 Å². The Hall–Kier alpha value is -0.830. The number of aryl methyl sites for hydroxylation is 1. The van der Waals surface area contributed by atoms with E-state index >= 15 is 0 Å². The number of aromatic nitrogens is 2. The molecule has 1 aromatic rings. The summed E-state index contributed by atoms with van der Waals surface area (Å²) in [4.78, 5) is 4.10. The predicted molar refractivity (Wildman–Crippen MR) is 47.8 cm³/mol. The second-order valence-electron chi connectivity index (χ2n) is 2.92. The highest BCUT2D eigenvalue weighted by molar-refractivity contribution is 4.91. The molecule has 68 valence electrons. The molecular weight excluding hydrogens is 152 g/mol. The Morgan fingerprint density at radius 2 is 2.42 bits per heavy atom. The summed E-state index contributed by atoms with van der Waals surface area (Å²) in [6.07, 6.45) is 6.09. The maximum absolute atomic E-state index is 5.40. The Kier molecular flexibility index (Phi) is 3.80. The molecule has 0 radical (unpaired) electrons. The molecule has 0 N–H and O–H groups in total. The molecule has 3 heteroatoms. The summed E-state index contributed by atoms with van der Waals surface area (Å²) < 4.78 is 7.35. The number of rotatable bonds is 5. The van der Waals surface area contributed by atoms with Crippen LogP contribution in [0, 0.1) is 6.92 Å². The fraction of sp³-hybridized carbons (Fsp3) is 0.667. The van der Waals surface area contributed by atoms with Gasteiger partial charge < -0.3 is 9.30 Å². The maximum atomic E-state index is 5.40. The van der Waals surface area contributed by atoms with Gasteiger partial charge in [-0.05, 0) is 13.3 Å². The Labute approximate surface area is 73.4 Å². The fourth-order valence-electron chi connectivity index (χ4n) is 0.959. The minimum atomic E-state index is 0.626. The molecule has 0 aliphatic carbocycles. The average Bonchev–Trinajstić information content (AvgIpc) is 2.45. The number of imidazole rings is 1. The third kappa shape index (κ3) is 3.05. The topological polar surface area (TPSA) is 27.1 Å². The van der Waals surface area contributed by atoms with E-state index in [0.717, 1.165) is 18.7 Å². The van der Waals surface area contributed by atoms with Crippen LogP contribution in [0.1, 0.15) is 25.5 Å². The first-order chi connectivity index (χ1) is 5.83. The lowest BCUT2D eigenvalue weighted by Gasteiger charge is -2.02. The van der Waals surface area contributed by atoms with Crippen LogP contribution in [-0.4, -0.2) is 16.2 Å². The van der Waals surface area contributed by atoms with Crippen LogP contribution in [0.15, 0.2) is 12.5 Å². The molecule has 0 bridgehead atoms. The van der Waals surface area contributed by atoms with Crippen molar-refractivity contribution in [3.8, 4) is 0 Å². The van der Waals surface area contributed by atoms with E-state index in [4.69, 9.17) is 4.74 Å². The number of unbranched alkanes of at least 4 members (excludes halogenated alkanes) is 1. The van der Waals surface area contributed by atoms with Gasteiger partial charge in [-0.3, -0.25) is 0 Å². The SMILES string of the molecule is CCCCOCn1cnc(C)c1.